The van der Waals surface area contributed by atoms with Crippen molar-refractivity contribution < 1.29 is 19.4 Å². The number of thioether (sulfide) groups is 1. The van der Waals surface area contributed by atoms with Crippen LogP contribution in [0.4, 0.5) is 11.4 Å². The highest BCUT2D eigenvalue weighted by atomic mass is 35.5. The molecule has 1 N–H and O–H groups in total. The first-order valence-electron chi connectivity index (χ1n) is 9.23. The van der Waals surface area contributed by atoms with E-state index in [0.29, 0.717) is 10.6 Å². The number of nitro benzene ring substituents is 2. The summed E-state index contributed by atoms with van der Waals surface area (Å²) >= 11 is 7.17. The Morgan fingerprint density at radius 1 is 1.03 bits per heavy atom. The Kier molecular flexibility index (Phi) is 7.95. The number of carbonyl (C=O) groups is 1. The summed E-state index contributed by atoms with van der Waals surface area (Å²) in [6, 6.07) is 16.6. The van der Waals surface area contributed by atoms with Gasteiger partial charge in [-0.15, -0.1) is 11.8 Å². The van der Waals surface area contributed by atoms with Crippen molar-refractivity contribution in [1.29, 1.82) is 0 Å². The van der Waals surface area contributed by atoms with E-state index in [1.165, 1.54) is 24.0 Å². The Bertz CT molecular complexity index is 1200. The van der Waals surface area contributed by atoms with E-state index in [4.69, 9.17) is 16.3 Å². The minimum absolute atomic E-state index is 0.127. The molecule has 0 radical (unpaired) electrons. The molecule has 0 fully saturated rings. The summed E-state index contributed by atoms with van der Waals surface area (Å²) < 4.78 is 5.50. The summed E-state index contributed by atoms with van der Waals surface area (Å²) in [6.07, 6.45) is 1.43. The van der Waals surface area contributed by atoms with Gasteiger partial charge in [0, 0.05) is 16.0 Å². The second-order valence-electron chi connectivity index (χ2n) is 6.37. The maximum atomic E-state index is 11.9. The molecular weight excluding hydrogens is 472 g/mol. The van der Waals surface area contributed by atoms with Crippen molar-refractivity contribution >= 4 is 46.9 Å². The van der Waals surface area contributed by atoms with E-state index in [9.17, 15) is 25.0 Å². The van der Waals surface area contributed by atoms with Gasteiger partial charge in [-0.2, -0.15) is 5.10 Å². The number of hydrogen-bond acceptors (Lipinski definition) is 8. The molecule has 3 aromatic rings. The molecule has 0 saturated heterocycles. The normalized spacial score (nSPS) is 10.7. The van der Waals surface area contributed by atoms with Crippen LogP contribution in [0.1, 0.15) is 5.56 Å². The number of nitrogens with one attached hydrogen (secondary N) is 1. The zero-order valence-corrected chi connectivity index (χ0v) is 18.3. The van der Waals surface area contributed by atoms with Gasteiger partial charge in [0.2, 0.25) is 11.7 Å². The third-order valence-corrected chi connectivity index (χ3v) is 5.31. The average Bonchev–Trinajstić information content (AvgIpc) is 2.80. The lowest BCUT2D eigenvalue weighted by Crippen LogP contribution is -2.19. The van der Waals surface area contributed by atoms with Gasteiger partial charge in [-0.05, 0) is 60.2 Å². The monoisotopic (exact) mass is 486 g/mol. The first-order chi connectivity index (χ1) is 15.8. The summed E-state index contributed by atoms with van der Waals surface area (Å²) in [5.41, 5.74) is 2.14. The molecule has 0 atom stereocenters. The van der Waals surface area contributed by atoms with Crippen LogP contribution in [0.5, 0.6) is 11.5 Å². The average molecular weight is 487 g/mol. The number of carbonyl (C=O) groups excluding carboxylic acids is 1. The van der Waals surface area contributed by atoms with Crippen LogP contribution < -0.4 is 10.2 Å². The van der Waals surface area contributed by atoms with E-state index in [1.54, 1.807) is 36.4 Å². The maximum Gasteiger partial charge on any atom is 0.318 e. The van der Waals surface area contributed by atoms with Crippen LogP contribution in [0.15, 0.2) is 76.7 Å². The smallest absolute Gasteiger partial charge is 0.318 e. The van der Waals surface area contributed by atoms with Gasteiger partial charge < -0.3 is 4.74 Å². The highest BCUT2D eigenvalue weighted by Gasteiger charge is 2.21. The van der Waals surface area contributed by atoms with E-state index < -0.39 is 21.2 Å². The number of nitrogens with zero attached hydrogens (tertiary/aromatic N) is 3. The van der Waals surface area contributed by atoms with Gasteiger partial charge in [0.25, 0.3) is 5.69 Å². The highest BCUT2D eigenvalue weighted by Crippen LogP contribution is 2.34. The fourth-order valence-corrected chi connectivity index (χ4v) is 3.30. The molecule has 33 heavy (non-hydrogen) atoms. The molecule has 0 spiro atoms. The van der Waals surface area contributed by atoms with Gasteiger partial charge >= 0.3 is 5.69 Å². The molecule has 0 bridgehead atoms. The lowest BCUT2D eigenvalue weighted by Gasteiger charge is -2.06. The zero-order chi connectivity index (χ0) is 23.8. The third kappa shape index (κ3) is 7.02. The molecule has 1 amide bonds. The Balaban J connectivity index is 1.55. The van der Waals surface area contributed by atoms with Gasteiger partial charge in [0.05, 0.1) is 27.9 Å². The number of halogens is 1. The SMILES string of the molecule is O=C(CSc1ccc(Cl)cc1)N/N=C\c1ccc(Oc2ccc([N+](=O)[O-])cc2[N+](=O)[O-])cc1. The Hall–Kier alpha value is -3.96. The maximum absolute atomic E-state index is 11.9. The Morgan fingerprint density at radius 3 is 2.36 bits per heavy atom. The second-order valence-corrected chi connectivity index (χ2v) is 7.86. The number of rotatable bonds is 9. The number of ether oxygens (including phenoxy) is 1. The molecule has 3 aromatic carbocycles. The predicted molar refractivity (Wildman–Crippen MR) is 124 cm³/mol. The molecule has 12 heteroatoms. The van der Waals surface area contributed by atoms with E-state index in [1.807, 2.05) is 12.1 Å². The van der Waals surface area contributed by atoms with Crippen LogP contribution in [-0.4, -0.2) is 27.7 Å². The van der Waals surface area contributed by atoms with Gasteiger partial charge in [0.15, 0.2) is 0 Å². The molecule has 0 unspecified atom stereocenters. The van der Waals surface area contributed by atoms with E-state index in [2.05, 4.69) is 10.5 Å². The molecule has 0 aliphatic heterocycles. The summed E-state index contributed by atoms with van der Waals surface area (Å²) in [7, 11) is 0. The topological polar surface area (TPSA) is 137 Å². The van der Waals surface area contributed by atoms with Crippen molar-refractivity contribution in [2.75, 3.05) is 5.75 Å². The first kappa shape index (κ1) is 23.7. The number of amides is 1. The van der Waals surface area contributed by atoms with Crippen molar-refractivity contribution in [3.8, 4) is 11.5 Å². The summed E-state index contributed by atoms with van der Waals surface area (Å²) in [5, 5.41) is 26.5. The second kappa shape index (κ2) is 11.1. The van der Waals surface area contributed by atoms with Crippen molar-refractivity contribution in [3.05, 3.63) is 97.5 Å². The molecule has 10 nitrogen and oxygen atoms in total. The lowest BCUT2D eigenvalue weighted by atomic mass is 10.2. The molecule has 0 heterocycles. The van der Waals surface area contributed by atoms with Crippen LogP contribution >= 0.6 is 23.4 Å². The van der Waals surface area contributed by atoms with Gasteiger partial charge in [0.1, 0.15) is 5.75 Å². The fraction of sp³-hybridized carbons (Fsp3) is 0.0476. The minimum atomic E-state index is -0.753. The van der Waals surface area contributed by atoms with Crippen molar-refractivity contribution in [1.82, 2.24) is 5.43 Å². The molecule has 0 saturated carbocycles. The highest BCUT2D eigenvalue weighted by molar-refractivity contribution is 8.00. The molecular formula is C21H15ClN4O6S. The number of benzene rings is 3. The zero-order valence-electron chi connectivity index (χ0n) is 16.7. The fourth-order valence-electron chi connectivity index (χ4n) is 2.49. The minimum Gasteiger partial charge on any atom is -0.450 e. The number of non-ortho nitro benzene ring substituents is 1. The van der Waals surface area contributed by atoms with Crippen LogP contribution in [-0.2, 0) is 4.79 Å². The van der Waals surface area contributed by atoms with Crippen LogP contribution in [0.3, 0.4) is 0 Å². The van der Waals surface area contributed by atoms with Gasteiger partial charge in [-0.3, -0.25) is 25.0 Å². The van der Waals surface area contributed by atoms with Crippen LogP contribution in [0.25, 0.3) is 0 Å². The van der Waals surface area contributed by atoms with Crippen molar-refractivity contribution in [2.45, 2.75) is 4.90 Å². The van der Waals surface area contributed by atoms with Crippen molar-refractivity contribution in [3.63, 3.8) is 0 Å². The van der Waals surface area contributed by atoms with Gasteiger partial charge in [-0.1, -0.05) is 11.6 Å². The van der Waals surface area contributed by atoms with Crippen LogP contribution in [0.2, 0.25) is 5.02 Å². The van der Waals surface area contributed by atoms with E-state index >= 15 is 0 Å². The standard InChI is InChI=1S/C21H15ClN4O6S/c22-15-3-8-18(9-4-15)33-13-21(27)24-23-12-14-1-6-17(7-2-14)32-20-10-5-16(25(28)29)11-19(20)26(30)31/h1-12H,13H2,(H,24,27)/b23-12-. The third-order valence-electron chi connectivity index (χ3n) is 4.04. The number of nitro groups is 2. The summed E-state index contributed by atoms with van der Waals surface area (Å²) in [6.45, 7) is 0. The number of hydrogen-bond donors (Lipinski definition) is 1. The Morgan fingerprint density at radius 2 is 1.73 bits per heavy atom. The molecule has 0 aliphatic carbocycles. The van der Waals surface area contributed by atoms with E-state index in [-0.39, 0.29) is 23.2 Å². The van der Waals surface area contributed by atoms with Crippen molar-refractivity contribution in [2.24, 2.45) is 5.10 Å². The Labute approximate surface area is 196 Å². The van der Waals surface area contributed by atoms with E-state index in [0.717, 1.165) is 17.0 Å². The first-order valence-corrected chi connectivity index (χ1v) is 10.6. The summed E-state index contributed by atoms with van der Waals surface area (Å²) in [4.78, 5) is 33.3. The molecule has 0 aromatic heterocycles. The number of hydrazone groups is 1. The molecule has 168 valence electrons. The molecule has 0 aliphatic rings. The summed E-state index contributed by atoms with van der Waals surface area (Å²) in [5.74, 6) is 0.0568. The molecule has 3 rings (SSSR count). The largest absolute Gasteiger partial charge is 0.450 e. The quantitative estimate of drug-likeness (QED) is 0.190. The van der Waals surface area contributed by atoms with Gasteiger partial charge in [-0.25, -0.2) is 5.43 Å². The lowest BCUT2D eigenvalue weighted by molar-refractivity contribution is -0.394. The predicted octanol–water partition coefficient (Wildman–Crippen LogP) is 5.19. The van der Waals surface area contributed by atoms with Crippen LogP contribution in [0, 0.1) is 20.2 Å².